The number of nitro benzene ring substituents is 1. The molecule has 0 N–H and O–H groups in total. The van der Waals surface area contributed by atoms with E-state index in [2.05, 4.69) is 24.3 Å². The van der Waals surface area contributed by atoms with Crippen molar-refractivity contribution in [2.24, 2.45) is 5.92 Å². The number of nitrogens with zero attached hydrogens (tertiary/aromatic N) is 8. The fraction of sp³-hybridized carbons (Fsp3) is 0.538. The van der Waals surface area contributed by atoms with Crippen LogP contribution in [-0.4, -0.2) is 74.5 Å². The number of imidazole rings is 1. The first-order chi connectivity index (χ1) is 18.1. The zero-order valence-corrected chi connectivity index (χ0v) is 21.0. The third-order valence-electron chi connectivity index (χ3n) is 7.96. The van der Waals surface area contributed by atoms with E-state index >= 15 is 0 Å². The molecular weight excluding hydrogens is 472 g/mol. The summed E-state index contributed by atoms with van der Waals surface area (Å²) in [7, 11) is 0. The monoisotopic (exact) mass is 504 g/mol. The van der Waals surface area contributed by atoms with Gasteiger partial charge in [-0.1, -0.05) is 6.42 Å². The van der Waals surface area contributed by atoms with Gasteiger partial charge in [0.2, 0.25) is 5.91 Å². The van der Waals surface area contributed by atoms with Crippen molar-refractivity contribution in [1.82, 2.24) is 24.4 Å². The minimum absolute atomic E-state index is 0.0647. The molecule has 3 aromatic rings. The van der Waals surface area contributed by atoms with E-state index in [-0.39, 0.29) is 22.4 Å². The molecule has 0 unspecified atom stereocenters. The number of piperazine rings is 1. The molecule has 0 bridgehead atoms. The molecule has 194 valence electrons. The quantitative estimate of drug-likeness (QED) is 0.394. The van der Waals surface area contributed by atoms with Gasteiger partial charge in [-0.25, -0.2) is 15.0 Å². The van der Waals surface area contributed by atoms with Gasteiger partial charge in [0, 0.05) is 70.1 Å². The predicted molar refractivity (Wildman–Crippen MR) is 140 cm³/mol. The number of aromatic nitrogens is 4. The molecule has 0 saturated carbocycles. The summed E-state index contributed by atoms with van der Waals surface area (Å²) in [5, 5.41) is 10.9. The van der Waals surface area contributed by atoms with Crippen molar-refractivity contribution in [2.75, 3.05) is 49.1 Å². The smallest absolute Gasteiger partial charge is 0.269 e. The van der Waals surface area contributed by atoms with E-state index in [1.54, 1.807) is 18.5 Å². The topological polar surface area (TPSA) is 114 Å². The van der Waals surface area contributed by atoms with Gasteiger partial charge in [-0.3, -0.25) is 14.9 Å². The molecule has 5 heterocycles. The Hall–Kier alpha value is -3.76. The molecule has 2 fully saturated rings. The first-order valence-electron chi connectivity index (χ1n) is 13.3. The Morgan fingerprint density at radius 2 is 1.73 bits per heavy atom. The van der Waals surface area contributed by atoms with E-state index in [0.29, 0.717) is 32.7 Å². The first-order valence-corrected chi connectivity index (χ1v) is 13.3. The second-order valence-electron chi connectivity index (χ2n) is 10.2. The maximum atomic E-state index is 13.5. The number of aryl methyl sites for hydroxylation is 2. The Morgan fingerprint density at radius 1 is 0.919 bits per heavy atom. The minimum atomic E-state index is -0.386. The van der Waals surface area contributed by atoms with Crippen molar-refractivity contribution in [2.45, 2.75) is 45.1 Å². The van der Waals surface area contributed by atoms with Crippen LogP contribution in [0.2, 0.25) is 0 Å². The average molecular weight is 505 g/mol. The van der Waals surface area contributed by atoms with Crippen LogP contribution in [0.3, 0.4) is 0 Å². The van der Waals surface area contributed by atoms with Crippen LogP contribution in [0.1, 0.15) is 37.9 Å². The van der Waals surface area contributed by atoms with Crippen LogP contribution in [0.15, 0.2) is 30.6 Å². The molecule has 6 rings (SSSR count). The highest BCUT2D eigenvalue weighted by molar-refractivity contribution is 5.85. The molecule has 0 radical (unpaired) electrons. The minimum Gasteiger partial charge on any atom is -0.368 e. The van der Waals surface area contributed by atoms with Crippen molar-refractivity contribution in [3.05, 3.63) is 46.5 Å². The van der Waals surface area contributed by atoms with Gasteiger partial charge < -0.3 is 19.3 Å². The first kappa shape index (κ1) is 23.6. The Balaban J connectivity index is 1.12. The standard InChI is InChI=1S/C26H32N8O3/c35-26(31-15-13-30(14-16-31)20-7-9-21(10-8-20)34(36)37)19-5-4-11-32(17-19)24-23-25(28-18-27-24)33-12-3-1-2-6-22(33)29-23/h7-10,18-19H,1-6,11-17H2/t19-/m1/s1. The predicted octanol–water partition coefficient (Wildman–Crippen LogP) is 3.03. The Kier molecular flexibility index (Phi) is 6.35. The lowest BCUT2D eigenvalue weighted by Crippen LogP contribution is -2.52. The fourth-order valence-corrected chi connectivity index (χ4v) is 5.96. The number of piperidine rings is 1. The third-order valence-corrected chi connectivity index (χ3v) is 7.96. The summed E-state index contributed by atoms with van der Waals surface area (Å²) in [4.78, 5) is 44.6. The van der Waals surface area contributed by atoms with Crippen molar-refractivity contribution in [1.29, 1.82) is 0 Å². The maximum Gasteiger partial charge on any atom is 0.269 e. The summed E-state index contributed by atoms with van der Waals surface area (Å²) in [6.07, 6.45) is 7.97. The van der Waals surface area contributed by atoms with Crippen LogP contribution in [0, 0.1) is 16.0 Å². The molecule has 3 aliphatic rings. The molecule has 1 atom stereocenters. The number of carbonyl (C=O) groups is 1. The molecule has 0 aliphatic carbocycles. The number of amides is 1. The van der Waals surface area contributed by atoms with Gasteiger partial charge in [0.1, 0.15) is 12.2 Å². The summed E-state index contributed by atoms with van der Waals surface area (Å²) < 4.78 is 2.25. The highest BCUT2D eigenvalue weighted by Gasteiger charge is 2.33. The summed E-state index contributed by atoms with van der Waals surface area (Å²) >= 11 is 0. The summed E-state index contributed by atoms with van der Waals surface area (Å²) in [5.74, 6) is 2.10. The van der Waals surface area contributed by atoms with E-state index in [9.17, 15) is 14.9 Å². The Morgan fingerprint density at radius 3 is 2.51 bits per heavy atom. The molecule has 11 nitrogen and oxygen atoms in total. The lowest BCUT2D eigenvalue weighted by atomic mass is 9.96. The Bertz CT molecular complexity index is 1300. The van der Waals surface area contributed by atoms with Gasteiger partial charge >= 0.3 is 0 Å². The van der Waals surface area contributed by atoms with Crippen molar-refractivity contribution < 1.29 is 9.72 Å². The molecular formula is C26H32N8O3. The number of benzene rings is 1. The van der Waals surface area contributed by atoms with E-state index in [0.717, 1.165) is 73.7 Å². The zero-order chi connectivity index (χ0) is 25.4. The SMILES string of the molecule is O=C([C@@H]1CCCN(c2ncnc3c2nc2n3CCCCC2)C1)N1CCN(c2ccc([N+](=O)[O-])cc2)CC1. The summed E-state index contributed by atoms with van der Waals surface area (Å²) in [5.41, 5.74) is 2.82. The largest absolute Gasteiger partial charge is 0.368 e. The lowest BCUT2D eigenvalue weighted by molar-refractivity contribution is -0.384. The third kappa shape index (κ3) is 4.58. The molecule has 2 aromatic heterocycles. The highest BCUT2D eigenvalue weighted by Crippen LogP contribution is 2.30. The fourth-order valence-electron chi connectivity index (χ4n) is 5.96. The van der Waals surface area contributed by atoms with E-state index in [1.165, 1.54) is 18.6 Å². The second-order valence-corrected chi connectivity index (χ2v) is 10.2. The van der Waals surface area contributed by atoms with Crippen LogP contribution in [0.4, 0.5) is 17.2 Å². The molecule has 0 spiro atoms. The number of carbonyl (C=O) groups excluding carboxylic acids is 1. The molecule has 2 saturated heterocycles. The maximum absolute atomic E-state index is 13.5. The number of rotatable bonds is 4. The van der Waals surface area contributed by atoms with Gasteiger partial charge in [0.25, 0.3) is 5.69 Å². The number of hydrogen-bond donors (Lipinski definition) is 0. The van der Waals surface area contributed by atoms with E-state index in [1.807, 2.05) is 4.90 Å². The van der Waals surface area contributed by atoms with Gasteiger partial charge in [-0.15, -0.1) is 0 Å². The molecule has 37 heavy (non-hydrogen) atoms. The van der Waals surface area contributed by atoms with Crippen molar-refractivity contribution in [3.63, 3.8) is 0 Å². The molecule has 3 aliphatic heterocycles. The number of nitro groups is 1. The summed E-state index contributed by atoms with van der Waals surface area (Å²) in [6, 6.07) is 6.64. The molecule has 1 aromatic carbocycles. The van der Waals surface area contributed by atoms with Crippen LogP contribution >= 0.6 is 0 Å². The van der Waals surface area contributed by atoms with E-state index < -0.39 is 0 Å². The Labute approximate surface area is 215 Å². The van der Waals surface area contributed by atoms with Gasteiger partial charge in [0.15, 0.2) is 17.0 Å². The molecule has 1 amide bonds. The van der Waals surface area contributed by atoms with E-state index in [4.69, 9.17) is 4.98 Å². The van der Waals surface area contributed by atoms with Crippen LogP contribution < -0.4 is 9.80 Å². The normalized spacial score (nSPS) is 20.5. The number of non-ortho nitro benzene ring substituents is 1. The number of fused-ring (bicyclic) bond motifs is 3. The van der Waals surface area contributed by atoms with Crippen LogP contribution in [0.25, 0.3) is 11.2 Å². The number of hydrogen-bond acceptors (Lipinski definition) is 8. The molecule has 11 heteroatoms. The van der Waals surface area contributed by atoms with Crippen LogP contribution in [0.5, 0.6) is 0 Å². The van der Waals surface area contributed by atoms with Crippen molar-refractivity contribution in [3.8, 4) is 0 Å². The number of anilines is 2. The lowest BCUT2D eigenvalue weighted by Gasteiger charge is -2.40. The van der Waals surface area contributed by atoms with Gasteiger partial charge in [-0.2, -0.15) is 0 Å². The average Bonchev–Trinajstić information content (AvgIpc) is 3.13. The summed E-state index contributed by atoms with van der Waals surface area (Å²) in [6.45, 7) is 5.20. The second kappa shape index (κ2) is 9.95. The highest BCUT2D eigenvalue weighted by atomic mass is 16.6. The zero-order valence-electron chi connectivity index (χ0n) is 21.0. The van der Waals surface area contributed by atoms with Crippen molar-refractivity contribution >= 4 is 34.3 Å². The van der Waals surface area contributed by atoms with Gasteiger partial charge in [0.05, 0.1) is 10.8 Å². The van der Waals surface area contributed by atoms with Gasteiger partial charge in [-0.05, 0) is 37.8 Å². The van der Waals surface area contributed by atoms with Crippen LogP contribution in [-0.2, 0) is 17.8 Å².